The second-order valence-electron chi connectivity index (χ2n) is 14.7. The van der Waals surface area contributed by atoms with Crippen LogP contribution in [0, 0.1) is 10.8 Å². The average Bonchev–Trinajstić information content (AvgIpc) is 3.40. The number of likely N-dealkylation sites (tertiary alicyclic amines) is 2. The number of hydrogen-bond acceptors (Lipinski definition) is 7. The van der Waals surface area contributed by atoms with E-state index in [4.69, 9.17) is 9.47 Å². The van der Waals surface area contributed by atoms with Gasteiger partial charge in [0, 0.05) is 19.5 Å². The van der Waals surface area contributed by atoms with E-state index in [1.807, 2.05) is 102 Å². The van der Waals surface area contributed by atoms with Gasteiger partial charge in [-0.1, -0.05) is 60.7 Å². The van der Waals surface area contributed by atoms with Crippen molar-refractivity contribution >= 4 is 23.8 Å². The lowest BCUT2D eigenvalue weighted by Crippen LogP contribution is -2.44. The first kappa shape index (κ1) is 35.8. The summed E-state index contributed by atoms with van der Waals surface area (Å²) in [5.74, 6) is -1.27. The number of ether oxygens (including phenoxy) is 2. The minimum absolute atomic E-state index is 0.00436. The second-order valence-corrected chi connectivity index (χ2v) is 14.7. The van der Waals surface area contributed by atoms with Gasteiger partial charge in [-0.3, -0.25) is 19.2 Å². The number of hydrogen-bond donors (Lipinski definition) is 1. The van der Waals surface area contributed by atoms with Gasteiger partial charge in [0.1, 0.15) is 16.6 Å². The largest absolute Gasteiger partial charge is 0.459 e. The van der Waals surface area contributed by atoms with Crippen molar-refractivity contribution in [3.8, 4) is 0 Å². The lowest BCUT2D eigenvalue weighted by Gasteiger charge is -2.30. The number of carbonyl (C=O) groups is 4. The summed E-state index contributed by atoms with van der Waals surface area (Å²) in [6.07, 6.45) is -1.18. The predicted octanol–water partition coefficient (Wildman–Crippen LogP) is 5.63. The number of rotatable bonds is 6. The highest BCUT2D eigenvalue weighted by Gasteiger charge is 2.56. The van der Waals surface area contributed by atoms with Gasteiger partial charge in [0.2, 0.25) is 5.91 Å². The van der Waals surface area contributed by atoms with E-state index < -0.39 is 40.0 Å². The third-order valence-corrected chi connectivity index (χ3v) is 8.26. The zero-order valence-electron chi connectivity index (χ0n) is 28.4. The third-order valence-electron chi connectivity index (χ3n) is 8.26. The molecule has 2 aliphatic rings. The molecule has 246 valence electrons. The van der Waals surface area contributed by atoms with Gasteiger partial charge in [-0.2, -0.15) is 0 Å². The van der Waals surface area contributed by atoms with Crippen molar-refractivity contribution in [3.63, 3.8) is 0 Å². The Balaban J connectivity index is 0.000000246. The summed E-state index contributed by atoms with van der Waals surface area (Å²) < 4.78 is 10.9. The van der Waals surface area contributed by atoms with Crippen LogP contribution >= 0.6 is 0 Å². The molecule has 2 fully saturated rings. The van der Waals surface area contributed by atoms with E-state index in [1.165, 1.54) is 0 Å². The van der Waals surface area contributed by atoms with Crippen LogP contribution in [0.2, 0.25) is 0 Å². The number of amides is 2. The number of aliphatic hydroxyl groups excluding tert-OH is 1. The van der Waals surface area contributed by atoms with Gasteiger partial charge in [0.15, 0.2) is 6.10 Å². The molecule has 45 heavy (non-hydrogen) atoms. The van der Waals surface area contributed by atoms with Crippen molar-refractivity contribution in [3.05, 3.63) is 71.8 Å². The number of carbonyl (C=O) groups excluding carboxylic acids is 4. The first-order valence-electron chi connectivity index (χ1n) is 15.5. The van der Waals surface area contributed by atoms with Gasteiger partial charge < -0.3 is 24.4 Å². The molecule has 2 aromatic rings. The molecule has 0 aromatic heterocycles. The molecule has 2 heterocycles. The standard InChI is InChI=1S/C18H25NO4.C18H25NO3/c1-12(13-9-7-6-8-10-13)19-11-18(5,14(20)15(19)21)16(22)23-17(2,3)4;1-13(14-9-7-6-8-10-14)19-12-18(5,11-15(19)20)16(21)22-17(2,3)4/h6-10,12,14,20H,11H2,1-5H3;6-10,13H,11-12H2,1-5H3/t12-,14?,18-;13-,18+/m11/s1. The van der Waals surface area contributed by atoms with Gasteiger partial charge in [-0.25, -0.2) is 0 Å². The van der Waals surface area contributed by atoms with Crippen LogP contribution in [0.1, 0.15) is 98.9 Å². The first-order valence-corrected chi connectivity index (χ1v) is 15.5. The Labute approximate surface area is 267 Å². The molecular formula is C36H50N2O7. The highest BCUT2D eigenvalue weighted by atomic mass is 16.6. The molecule has 2 aromatic carbocycles. The van der Waals surface area contributed by atoms with E-state index in [0.29, 0.717) is 6.54 Å². The maximum absolute atomic E-state index is 12.5. The monoisotopic (exact) mass is 622 g/mol. The fourth-order valence-corrected chi connectivity index (χ4v) is 5.52. The number of nitrogens with zero attached hydrogens (tertiary/aromatic N) is 2. The van der Waals surface area contributed by atoms with Gasteiger partial charge in [0.25, 0.3) is 5.91 Å². The zero-order chi connectivity index (χ0) is 34.0. The Morgan fingerprint density at radius 2 is 1.18 bits per heavy atom. The quantitative estimate of drug-likeness (QED) is 0.416. The molecule has 2 aliphatic heterocycles. The van der Waals surface area contributed by atoms with Crippen molar-refractivity contribution in [2.45, 2.75) is 105 Å². The molecule has 1 N–H and O–H groups in total. The Hall–Kier alpha value is -3.72. The van der Waals surface area contributed by atoms with Crippen molar-refractivity contribution in [1.29, 1.82) is 0 Å². The molecule has 1 unspecified atom stereocenters. The van der Waals surface area contributed by atoms with Crippen molar-refractivity contribution < 1.29 is 33.8 Å². The Morgan fingerprint density at radius 1 is 0.756 bits per heavy atom. The zero-order valence-corrected chi connectivity index (χ0v) is 28.4. The number of aliphatic hydroxyl groups is 1. The first-order chi connectivity index (χ1) is 20.7. The van der Waals surface area contributed by atoms with Crippen LogP contribution in [0.25, 0.3) is 0 Å². The van der Waals surface area contributed by atoms with Crippen LogP contribution in [0.15, 0.2) is 60.7 Å². The van der Waals surface area contributed by atoms with Crippen LogP contribution in [-0.2, 0) is 28.7 Å². The molecular weight excluding hydrogens is 572 g/mol. The highest BCUT2D eigenvalue weighted by Crippen LogP contribution is 2.39. The van der Waals surface area contributed by atoms with Gasteiger partial charge in [-0.15, -0.1) is 0 Å². The third kappa shape index (κ3) is 8.51. The van der Waals surface area contributed by atoms with E-state index >= 15 is 0 Å². The van der Waals surface area contributed by atoms with E-state index in [1.54, 1.807) is 37.5 Å². The second kappa shape index (κ2) is 13.3. The van der Waals surface area contributed by atoms with Crippen molar-refractivity contribution in [2.24, 2.45) is 10.8 Å². The minimum Gasteiger partial charge on any atom is -0.459 e. The lowest BCUT2D eigenvalue weighted by molar-refractivity contribution is -0.171. The highest BCUT2D eigenvalue weighted by molar-refractivity contribution is 5.93. The van der Waals surface area contributed by atoms with E-state index in [-0.39, 0.29) is 36.9 Å². The molecule has 9 heteroatoms. The summed E-state index contributed by atoms with van der Waals surface area (Å²) in [5.41, 5.74) is -1.20. The molecule has 2 saturated heterocycles. The molecule has 5 atom stereocenters. The Bertz CT molecular complexity index is 1370. The van der Waals surface area contributed by atoms with Crippen LogP contribution in [0.3, 0.4) is 0 Å². The Morgan fingerprint density at radius 3 is 1.62 bits per heavy atom. The fraction of sp³-hybridized carbons (Fsp3) is 0.556. The summed E-state index contributed by atoms with van der Waals surface area (Å²) in [6.45, 7) is 18.6. The maximum Gasteiger partial charge on any atom is 0.317 e. The molecule has 2 amide bonds. The van der Waals surface area contributed by atoms with Gasteiger partial charge in [-0.05, 0) is 80.4 Å². The SMILES string of the molecule is C[C@H](c1ccccc1)N1C[C@@](C)(C(=O)OC(C)(C)C)C(O)C1=O.C[C@H](c1ccccc1)N1C[C@@](C)(C(=O)OC(C)(C)C)CC1=O. The summed E-state index contributed by atoms with van der Waals surface area (Å²) >= 11 is 0. The molecule has 0 saturated carbocycles. The van der Waals surface area contributed by atoms with E-state index in [0.717, 1.165) is 11.1 Å². The number of esters is 2. The van der Waals surface area contributed by atoms with Crippen LogP contribution in [-0.4, -0.2) is 69.1 Å². The molecule has 9 nitrogen and oxygen atoms in total. The minimum atomic E-state index is -1.39. The normalized spacial score (nSPS) is 24.9. The number of benzene rings is 2. The summed E-state index contributed by atoms with van der Waals surface area (Å²) in [4.78, 5) is 53.1. The van der Waals surface area contributed by atoms with Crippen molar-refractivity contribution in [2.75, 3.05) is 13.1 Å². The topological polar surface area (TPSA) is 113 Å². The smallest absolute Gasteiger partial charge is 0.317 e. The van der Waals surface area contributed by atoms with Crippen LogP contribution in [0.4, 0.5) is 0 Å². The van der Waals surface area contributed by atoms with E-state index in [9.17, 15) is 24.3 Å². The molecule has 0 aliphatic carbocycles. The maximum atomic E-state index is 12.5. The fourth-order valence-electron chi connectivity index (χ4n) is 5.52. The molecule has 0 radical (unpaired) electrons. The van der Waals surface area contributed by atoms with Gasteiger partial charge in [0.05, 0.1) is 17.5 Å². The van der Waals surface area contributed by atoms with Crippen molar-refractivity contribution in [1.82, 2.24) is 9.80 Å². The Kier molecular flexibility index (Phi) is 10.6. The summed E-state index contributed by atoms with van der Waals surface area (Å²) in [7, 11) is 0. The predicted molar refractivity (Wildman–Crippen MR) is 172 cm³/mol. The van der Waals surface area contributed by atoms with Crippen LogP contribution < -0.4 is 0 Å². The lowest BCUT2D eigenvalue weighted by atomic mass is 9.87. The van der Waals surface area contributed by atoms with Crippen LogP contribution in [0.5, 0.6) is 0 Å². The molecule has 0 spiro atoms. The van der Waals surface area contributed by atoms with E-state index in [2.05, 4.69) is 0 Å². The molecule has 0 bridgehead atoms. The molecule has 4 rings (SSSR count). The summed E-state index contributed by atoms with van der Waals surface area (Å²) in [5, 5.41) is 10.4. The summed E-state index contributed by atoms with van der Waals surface area (Å²) in [6, 6.07) is 19.2. The average molecular weight is 623 g/mol. The van der Waals surface area contributed by atoms with Gasteiger partial charge >= 0.3 is 11.9 Å².